The van der Waals surface area contributed by atoms with Crippen LogP contribution in [0.5, 0.6) is 0 Å². The van der Waals surface area contributed by atoms with Crippen LogP contribution in [-0.2, 0) is 4.79 Å². The number of anilines is 1. The molecule has 0 spiro atoms. The van der Waals surface area contributed by atoms with E-state index in [-0.39, 0.29) is 11.2 Å². The van der Waals surface area contributed by atoms with Crippen molar-refractivity contribution in [3.8, 4) is 0 Å². The van der Waals surface area contributed by atoms with E-state index in [9.17, 15) is 4.79 Å². The normalized spacial score (nSPS) is 12.3. The molecule has 0 aliphatic rings. The molecular weight excluding hydrogens is 326 g/mol. The minimum atomic E-state index is -0.376. The zero-order chi connectivity index (χ0) is 17.3. The first-order valence-corrected chi connectivity index (χ1v) is 8.27. The van der Waals surface area contributed by atoms with E-state index in [2.05, 4.69) is 35.2 Å². The van der Waals surface area contributed by atoms with E-state index < -0.39 is 0 Å². The van der Waals surface area contributed by atoms with Crippen molar-refractivity contribution in [3.63, 3.8) is 0 Å². The van der Waals surface area contributed by atoms with Gasteiger partial charge in [0.15, 0.2) is 16.6 Å². The van der Waals surface area contributed by atoms with Crippen LogP contribution >= 0.6 is 11.8 Å². The van der Waals surface area contributed by atoms with E-state index in [4.69, 9.17) is 0 Å². The lowest BCUT2D eigenvalue weighted by Gasteiger charge is -2.12. The Balaban J connectivity index is 1.74. The van der Waals surface area contributed by atoms with Gasteiger partial charge in [0.25, 0.3) is 0 Å². The lowest BCUT2D eigenvalue weighted by molar-refractivity contribution is -0.115. The summed E-state index contributed by atoms with van der Waals surface area (Å²) >= 11 is 1.31. The predicted octanol–water partition coefficient (Wildman–Crippen LogP) is 2.19. The zero-order valence-corrected chi connectivity index (χ0v) is 14.6. The number of amides is 1. The molecule has 3 heterocycles. The second kappa shape index (κ2) is 6.52. The van der Waals surface area contributed by atoms with E-state index in [0.29, 0.717) is 22.1 Å². The van der Waals surface area contributed by atoms with Crippen LogP contribution < -0.4 is 5.32 Å². The largest absolute Gasteiger partial charge is 0.340 e. The SMILES string of the molecule is Cc1nc(S[C@@H](C)C(=O)Nc2ncnc3nc[nH]c23)nc(C)c1C. The number of hydrogen-bond acceptors (Lipinski definition) is 7. The Bertz CT molecular complexity index is 885. The van der Waals surface area contributed by atoms with E-state index in [1.807, 2.05) is 20.8 Å². The van der Waals surface area contributed by atoms with E-state index in [0.717, 1.165) is 17.0 Å². The lowest BCUT2D eigenvalue weighted by Crippen LogP contribution is -2.23. The fourth-order valence-electron chi connectivity index (χ4n) is 2.08. The summed E-state index contributed by atoms with van der Waals surface area (Å²) in [6.07, 6.45) is 2.88. The quantitative estimate of drug-likeness (QED) is 0.552. The zero-order valence-electron chi connectivity index (χ0n) is 13.8. The maximum atomic E-state index is 12.4. The van der Waals surface area contributed by atoms with Crippen LogP contribution in [0.1, 0.15) is 23.9 Å². The number of aromatic nitrogens is 6. The van der Waals surface area contributed by atoms with Gasteiger partial charge in [-0.05, 0) is 33.3 Å². The first kappa shape index (κ1) is 16.3. The molecule has 0 aromatic carbocycles. The van der Waals surface area contributed by atoms with Crippen LogP contribution in [0.4, 0.5) is 5.82 Å². The Labute approximate surface area is 143 Å². The van der Waals surface area contributed by atoms with Gasteiger partial charge in [-0.2, -0.15) is 0 Å². The Morgan fingerprint density at radius 3 is 2.58 bits per heavy atom. The van der Waals surface area contributed by atoms with Crippen LogP contribution in [0.25, 0.3) is 11.2 Å². The minimum Gasteiger partial charge on any atom is -0.340 e. The standard InChI is InChI=1S/C15H17N7OS/c1-7-8(2)20-15(21-9(7)3)24-10(4)14(23)22-13-11-12(17-5-16-11)18-6-19-13/h5-6,10H,1-4H3,(H2,16,17,18,19,22,23)/t10-/m0/s1. The van der Waals surface area contributed by atoms with Crippen LogP contribution in [0.2, 0.25) is 0 Å². The maximum Gasteiger partial charge on any atom is 0.238 e. The van der Waals surface area contributed by atoms with Gasteiger partial charge in [-0.3, -0.25) is 4.79 Å². The Morgan fingerprint density at radius 1 is 1.17 bits per heavy atom. The second-order valence-electron chi connectivity index (χ2n) is 5.37. The molecule has 3 rings (SSSR count). The van der Waals surface area contributed by atoms with Crippen molar-refractivity contribution in [3.05, 3.63) is 29.6 Å². The molecule has 0 radical (unpaired) electrons. The third kappa shape index (κ3) is 3.21. The minimum absolute atomic E-state index is 0.186. The lowest BCUT2D eigenvalue weighted by atomic mass is 10.2. The molecule has 8 nitrogen and oxygen atoms in total. The first-order chi connectivity index (χ1) is 11.5. The highest BCUT2D eigenvalue weighted by Crippen LogP contribution is 2.23. The van der Waals surface area contributed by atoms with Crippen molar-refractivity contribution in [1.29, 1.82) is 0 Å². The summed E-state index contributed by atoms with van der Waals surface area (Å²) in [5.74, 6) is 0.223. The van der Waals surface area contributed by atoms with Gasteiger partial charge in [0.1, 0.15) is 11.8 Å². The van der Waals surface area contributed by atoms with Crippen LogP contribution in [-0.4, -0.2) is 41.1 Å². The van der Waals surface area contributed by atoms with Crippen molar-refractivity contribution >= 4 is 34.7 Å². The van der Waals surface area contributed by atoms with Crippen molar-refractivity contribution in [1.82, 2.24) is 29.9 Å². The van der Waals surface area contributed by atoms with Gasteiger partial charge in [0.2, 0.25) is 5.91 Å². The molecule has 0 aliphatic carbocycles. The summed E-state index contributed by atoms with van der Waals surface area (Å²) in [6, 6.07) is 0. The molecule has 0 bridgehead atoms. The number of imidazole rings is 1. The fraction of sp³-hybridized carbons (Fsp3) is 0.333. The predicted molar refractivity (Wildman–Crippen MR) is 91.9 cm³/mol. The molecule has 0 fully saturated rings. The van der Waals surface area contributed by atoms with E-state index in [1.54, 1.807) is 6.92 Å². The highest BCUT2D eigenvalue weighted by Gasteiger charge is 2.19. The number of H-pyrrole nitrogens is 1. The summed E-state index contributed by atoms with van der Waals surface area (Å²) in [4.78, 5) is 36.4. The number of carbonyl (C=O) groups excluding carboxylic acids is 1. The molecular formula is C15H17N7OS. The molecule has 124 valence electrons. The monoisotopic (exact) mass is 343 g/mol. The van der Waals surface area contributed by atoms with Crippen molar-refractivity contribution in [2.24, 2.45) is 0 Å². The maximum absolute atomic E-state index is 12.4. The molecule has 2 N–H and O–H groups in total. The number of thioether (sulfide) groups is 1. The number of nitrogens with one attached hydrogen (secondary N) is 2. The summed E-state index contributed by atoms with van der Waals surface area (Å²) in [6.45, 7) is 7.67. The second-order valence-corrected chi connectivity index (χ2v) is 6.68. The summed E-state index contributed by atoms with van der Waals surface area (Å²) in [7, 11) is 0. The third-order valence-corrected chi connectivity index (χ3v) is 4.69. The number of rotatable bonds is 4. The first-order valence-electron chi connectivity index (χ1n) is 7.39. The molecule has 3 aromatic rings. The molecule has 9 heteroatoms. The van der Waals surface area contributed by atoms with Crippen molar-refractivity contribution in [2.45, 2.75) is 38.1 Å². The number of aromatic amines is 1. The smallest absolute Gasteiger partial charge is 0.238 e. The molecule has 1 atom stereocenters. The fourth-order valence-corrected chi connectivity index (χ4v) is 2.95. The molecule has 3 aromatic heterocycles. The molecule has 0 aliphatic heterocycles. The van der Waals surface area contributed by atoms with Gasteiger partial charge < -0.3 is 10.3 Å². The van der Waals surface area contributed by atoms with Gasteiger partial charge in [-0.25, -0.2) is 24.9 Å². The van der Waals surface area contributed by atoms with E-state index in [1.165, 1.54) is 24.4 Å². The summed E-state index contributed by atoms with van der Waals surface area (Å²) in [5.41, 5.74) is 4.02. The van der Waals surface area contributed by atoms with Crippen LogP contribution in [0.3, 0.4) is 0 Å². The highest BCUT2D eigenvalue weighted by atomic mass is 32.2. The Hall–Kier alpha value is -2.55. The number of nitrogens with zero attached hydrogens (tertiary/aromatic N) is 5. The summed E-state index contributed by atoms with van der Waals surface area (Å²) in [5, 5.41) is 3.01. The van der Waals surface area contributed by atoms with Gasteiger partial charge in [0.05, 0.1) is 11.6 Å². The molecule has 24 heavy (non-hydrogen) atoms. The van der Waals surface area contributed by atoms with Gasteiger partial charge in [-0.15, -0.1) is 0 Å². The van der Waals surface area contributed by atoms with Gasteiger partial charge in [-0.1, -0.05) is 11.8 Å². The third-order valence-electron chi connectivity index (χ3n) is 3.73. The average molecular weight is 343 g/mol. The molecule has 0 saturated carbocycles. The average Bonchev–Trinajstić information content (AvgIpc) is 3.02. The topological polar surface area (TPSA) is 109 Å². The Morgan fingerprint density at radius 2 is 1.88 bits per heavy atom. The van der Waals surface area contributed by atoms with Gasteiger partial charge >= 0.3 is 0 Å². The van der Waals surface area contributed by atoms with Crippen molar-refractivity contribution < 1.29 is 4.79 Å². The number of hydrogen-bond donors (Lipinski definition) is 2. The number of fused-ring (bicyclic) bond motifs is 1. The van der Waals surface area contributed by atoms with Crippen LogP contribution in [0.15, 0.2) is 17.8 Å². The molecule has 0 saturated heterocycles. The molecule has 0 unspecified atom stereocenters. The van der Waals surface area contributed by atoms with Crippen LogP contribution in [0, 0.1) is 20.8 Å². The van der Waals surface area contributed by atoms with Crippen molar-refractivity contribution in [2.75, 3.05) is 5.32 Å². The number of carbonyl (C=O) groups is 1. The highest BCUT2D eigenvalue weighted by molar-refractivity contribution is 8.00. The summed E-state index contributed by atoms with van der Waals surface area (Å²) < 4.78 is 0. The molecule has 1 amide bonds. The van der Waals surface area contributed by atoms with Gasteiger partial charge in [0, 0.05) is 11.4 Å². The Kier molecular flexibility index (Phi) is 4.43. The number of aryl methyl sites for hydroxylation is 2. The van der Waals surface area contributed by atoms with E-state index >= 15 is 0 Å².